The third-order valence-electron chi connectivity index (χ3n) is 3.55. The van der Waals surface area contributed by atoms with Crippen molar-refractivity contribution in [3.63, 3.8) is 0 Å². The third-order valence-corrected chi connectivity index (χ3v) is 3.55. The van der Waals surface area contributed by atoms with E-state index in [1.807, 2.05) is 6.92 Å². The molecule has 120 valence electrons. The average molecular weight is 306 g/mol. The number of carbonyl (C=O) groups is 1. The first-order chi connectivity index (χ1) is 10.7. The molecule has 2 rings (SSSR count). The van der Waals surface area contributed by atoms with Gasteiger partial charge in [-0.25, -0.2) is 14.8 Å². The zero-order valence-corrected chi connectivity index (χ0v) is 13.1. The van der Waals surface area contributed by atoms with Gasteiger partial charge in [-0.15, -0.1) is 0 Å². The fourth-order valence-corrected chi connectivity index (χ4v) is 2.43. The monoisotopic (exact) mass is 306 g/mol. The Hall–Kier alpha value is -2.11. The lowest BCUT2D eigenvalue weighted by atomic mass is 9.98. The molecule has 22 heavy (non-hydrogen) atoms. The van der Waals surface area contributed by atoms with Gasteiger partial charge in [0.1, 0.15) is 11.9 Å². The van der Waals surface area contributed by atoms with Crippen LogP contribution in [0.5, 0.6) is 5.88 Å². The molecule has 0 N–H and O–H groups in total. The summed E-state index contributed by atoms with van der Waals surface area (Å²) in [7, 11) is 1.30. The van der Waals surface area contributed by atoms with E-state index in [2.05, 4.69) is 21.3 Å². The van der Waals surface area contributed by atoms with Gasteiger partial charge in [0.25, 0.3) is 0 Å². The minimum absolute atomic E-state index is 0.0872. The van der Waals surface area contributed by atoms with Crippen LogP contribution in [0.4, 0.5) is 0 Å². The van der Waals surface area contributed by atoms with E-state index in [-0.39, 0.29) is 17.7 Å². The summed E-state index contributed by atoms with van der Waals surface area (Å²) < 4.78 is 16.0. The predicted octanol–water partition coefficient (Wildman–Crippen LogP) is 2.98. The predicted molar refractivity (Wildman–Crippen MR) is 81.5 cm³/mol. The van der Waals surface area contributed by atoms with Gasteiger partial charge in [0.05, 0.1) is 19.9 Å². The number of aromatic nitrogens is 2. The summed E-state index contributed by atoms with van der Waals surface area (Å²) in [5.41, 5.74) is 0.543. The van der Waals surface area contributed by atoms with Crippen molar-refractivity contribution in [3.8, 4) is 5.88 Å². The Kier molecular flexibility index (Phi) is 5.75. The first-order valence-electron chi connectivity index (χ1n) is 7.59. The van der Waals surface area contributed by atoms with E-state index in [1.165, 1.54) is 19.7 Å². The van der Waals surface area contributed by atoms with Gasteiger partial charge in [-0.3, -0.25) is 0 Å². The van der Waals surface area contributed by atoms with E-state index in [4.69, 9.17) is 9.47 Å². The van der Waals surface area contributed by atoms with E-state index >= 15 is 0 Å². The molecule has 6 nitrogen and oxygen atoms in total. The number of carbonyl (C=O) groups excluding carboxylic acids is 1. The van der Waals surface area contributed by atoms with Crippen molar-refractivity contribution >= 4 is 11.7 Å². The van der Waals surface area contributed by atoms with Crippen LogP contribution in [0.15, 0.2) is 12.8 Å². The molecular weight excluding hydrogens is 284 g/mol. The van der Waals surface area contributed by atoms with Crippen LogP contribution in [0, 0.1) is 0 Å². The van der Waals surface area contributed by atoms with Gasteiger partial charge in [0, 0.05) is 0 Å². The molecule has 1 aliphatic carbocycles. The smallest absolute Gasteiger partial charge is 0.358 e. The maximum absolute atomic E-state index is 11.6. The van der Waals surface area contributed by atoms with Crippen LogP contribution in [0.3, 0.4) is 0 Å². The van der Waals surface area contributed by atoms with E-state index in [0.717, 1.165) is 25.7 Å². The zero-order chi connectivity index (χ0) is 15.9. The number of methoxy groups -OCH3 is 1. The summed E-state index contributed by atoms with van der Waals surface area (Å²) in [5, 5.41) is 0. The fraction of sp³-hybridized carbons (Fsp3) is 0.562. The van der Waals surface area contributed by atoms with E-state index in [1.54, 1.807) is 0 Å². The topological polar surface area (TPSA) is 70.5 Å². The molecule has 1 fully saturated rings. The summed E-state index contributed by atoms with van der Waals surface area (Å²) in [5.74, 6) is 0.125. The standard InChI is InChI=1S/C16H22N2O4/c1-4-21-11(2)14-15(22-12-8-6-5-7-9-12)18-13(10-17-14)16(19)20-3/h10,12H,2,4-9H2,1,3H3. The maximum atomic E-state index is 11.6. The highest BCUT2D eigenvalue weighted by molar-refractivity contribution is 5.87. The van der Waals surface area contributed by atoms with Gasteiger partial charge in [0.15, 0.2) is 11.4 Å². The van der Waals surface area contributed by atoms with Gasteiger partial charge < -0.3 is 14.2 Å². The molecule has 6 heteroatoms. The zero-order valence-electron chi connectivity index (χ0n) is 13.1. The number of rotatable bonds is 6. The van der Waals surface area contributed by atoms with Crippen molar-refractivity contribution in [3.05, 3.63) is 24.2 Å². The van der Waals surface area contributed by atoms with Crippen molar-refractivity contribution in [1.29, 1.82) is 0 Å². The number of esters is 1. The molecule has 0 amide bonds. The van der Waals surface area contributed by atoms with Crippen LogP contribution in [0.2, 0.25) is 0 Å². The molecule has 0 radical (unpaired) electrons. The van der Waals surface area contributed by atoms with Crippen molar-refractivity contribution in [2.24, 2.45) is 0 Å². The number of hydrogen-bond donors (Lipinski definition) is 0. The quantitative estimate of drug-likeness (QED) is 0.594. The van der Waals surface area contributed by atoms with Gasteiger partial charge in [-0.2, -0.15) is 0 Å². The second-order valence-corrected chi connectivity index (χ2v) is 5.13. The lowest BCUT2D eigenvalue weighted by Crippen LogP contribution is -2.22. The Morgan fingerprint density at radius 2 is 2.09 bits per heavy atom. The number of nitrogens with zero attached hydrogens (tertiary/aromatic N) is 2. The van der Waals surface area contributed by atoms with Crippen LogP contribution in [0.25, 0.3) is 5.76 Å². The van der Waals surface area contributed by atoms with E-state index in [0.29, 0.717) is 18.1 Å². The summed E-state index contributed by atoms with van der Waals surface area (Å²) in [6.07, 6.45) is 6.89. The lowest BCUT2D eigenvalue weighted by molar-refractivity contribution is 0.0590. The maximum Gasteiger partial charge on any atom is 0.358 e. The first kappa shape index (κ1) is 16.3. The van der Waals surface area contributed by atoms with Crippen molar-refractivity contribution < 1.29 is 19.0 Å². The molecule has 0 unspecified atom stereocenters. The van der Waals surface area contributed by atoms with Gasteiger partial charge in [-0.1, -0.05) is 13.0 Å². The second-order valence-electron chi connectivity index (χ2n) is 5.13. The largest absolute Gasteiger partial charge is 0.492 e. The Labute approximate surface area is 130 Å². The van der Waals surface area contributed by atoms with E-state index < -0.39 is 5.97 Å². The lowest BCUT2D eigenvalue weighted by Gasteiger charge is -2.23. The molecule has 1 saturated carbocycles. The Balaban J connectivity index is 2.27. The number of ether oxygens (including phenoxy) is 3. The fourth-order valence-electron chi connectivity index (χ4n) is 2.43. The highest BCUT2D eigenvalue weighted by Gasteiger charge is 2.22. The SMILES string of the molecule is C=C(OCC)c1ncc(C(=O)OC)nc1OC1CCCCC1. The second kappa shape index (κ2) is 7.77. The Morgan fingerprint density at radius 1 is 1.36 bits per heavy atom. The molecule has 0 saturated heterocycles. The van der Waals surface area contributed by atoms with Crippen LogP contribution < -0.4 is 4.74 Å². The van der Waals surface area contributed by atoms with Crippen molar-refractivity contribution in [2.45, 2.75) is 45.1 Å². The van der Waals surface area contributed by atoms with Crippen molar-refractivity contribution in [2.75, 3.05) is 13.7 Å². The van der Waals surface area contributed by atoms with E-state index in [9.17, 15) is 4.79 Å². The molecule has 0 atom stereocenters. The normalized spacial score (nSPS) is 15.2. The van der Waals surface area contributed by atoms with Gasteiger partial charge in [-0.05, 0) is 32.6 Å². The van der Waals surface area contributed by atoms with Crippen LogP contribution in [-0.4, -0.2) is 35.8 Å². The average Bonchev–Trinajstić information content (AvgIpc) is 2.55. The summed E-state index contributed by atoms with van der Waals surface area (Å²) in [4.78, 5) is 20.1. The minimum atomic E-state index is -0.547. The van der Waals surface area contributed by atoms with Crippen LogP contribution in [0.1, 0.15) is 55.2 Å². The molecule has 0 aliphatic heterocycles. The summed E-state index contributed by atoms with van der Waals surface area (Å²) >= 11 is 0. The molecule has 0 bridgehead atoms. The summed E-state index contributed by atoms with van der Waals surface area (Å²) in [6.45, 7) is 6.18. The highest BCUT2D eigenvalue weighted by atomic mass is 16.5. The molecule has 1 aromatic heterocycles. The van der Waals surface area contributed by atoms with Crippen molar-refractivity contribution in [1.82, 2.24) is 9.97 Å². The molecule has 1 aliphatic rings. The first-order valence-corrected chi connectivity index (χ1v) is 7.59. The molecule has 0 aromatic carbocycles. The molecular formula is C16H22N2O4. The Bertz CT molecular complexity index is 539. The summed E-state index contributed by atoms with van der Waals surface area (Å²) in [6, 6.07) is 0. The highest BCUT2D eigenvalue weighted by Crippen LogP contribution is 2.27. The molecule has 1 aromatic rings. The minimum Gasteiger partial charge on any atom is -0.492 e. The number of hydrogen-bond acceptors (Lipinski definition) is 6. The van der Waals surface area contributed by atoms with Gasteiger partial charge in [0.2, 0.25) is 5.88 Å². The van der Waals surface area contributed by atoms with Crippen LogP contribution in [-0.2, 0) is 9.47 Å². The molecule has 0 spiro atoms. The van der Waals surface area contributed by atoms with Gasteiger partial charge >= 0.3 is 5.97 Å². The Morgan fingerprint density at radius 3 is 2.73 bits per heavy atom. The molecule has 1 heterocycles. The van der Waals surface area contributed by atoms with Crippen LogP contribution >= 0.6 is 0 Å². The third kappa shape index (κ3) is 3.96.